The summed E-state index contributed by atoms with van der Waals surface area (Å²) in [7, 11) is -4.64. The molecule has 0 bridgehead atoms. The molecule has 0 fully saturated rings. The van der Waals surface area contributed by atoms with Gasteiger partial charge in [-0.2, -0.15) is 0 Å². The van der Waals surface area contributed by atoms with E-state index in [-0.39, 0.29) is 29.6 Å². The van der Waals surface area contributed by atoms with Crippen LogP contribution in [0.2, 0.25) is 0 Å². The number of para-hydroxylation sites is 1. The number of nitrogen functional groups attached to an aromatic ring is 1. The Bertz CT molecular complexity index is 254. The minimum atomic E-state index is -4.64. The van der Waals surface area contributed by atoms with Gasteiger partial charge in [0.15, 0.2) is 0 Å². The molecule has 0 aliphatic heterocycles. The first kappa shape index (κ1) is 15.6. The average Bonchev–Trinajstić information content (AvgIpc) is 1.85. The second-order valence-electron chi connectivity index (χ2n) is 1.92. The van der Waals surface area contributed by atoms with Crippen molar-refractivity contribution in [2.75, 3.05) is 5.73 Å². The Morgan fingerprint density at radius 2 is 1.38 bits per heavy atom. The van der Waals surface area contributed by atoms with Crippen LogP contribution in [0.3, 0.4) is 0 Å². The van der Waals surface area contributed by atoms with Gasteiger partial charge in [-0.05, 0) is 12.1 Å². The maximum absolute atomic E-state index is 8.88. The number of rotatable bonds is 0. The zero-order valence-corrected chi connectivity index (χ0v) is 7.06. The predicted molar refractivity (Wildman–Crippen MR) is 52.3 cm³/mol. The number of benzene rings is 1. The quantitative estimate of drug-likeness (QED) is 0.270. The Kier molecular flexibility index (Phi) is 9.03. The molecule has 0 aromatic heterocycles. The molecule has 0 aliphatic carbocycles. The fourth-order valence-electron chi connectivity index (χ4n) is 0.453. The molecular formula is C6H11NNaO4P. The molecular weight excluding hydrogens is 204 g/mol. The van der Waals surface area contributed by atoms with Gasteiger partial charge in [-0.25, -0.2) is 4.57 Å². The monoisotopic (exact) mass is 215 g/mol. The Balaban J connectivity index is 0. The van der Waals surface area contributed by atoms with Gasteiger partial charge in [0.2, 0.25) is 0 Å². The first-order valence-corrected chi connectivity index (χ1v) is 4.55. The third kappa shape index (κ3) is 18.8. The van der Waals surface area contributed by atoms with Crippen molar-refractivity contribution >= 4 is 43.1 Å². The van der Waals surface area contributed by atoms with Gasteiger partial charge in [0.05, 0.1) is 0 Å². The van der Waals surface area contributed by atoms with Gasteiger partial charge in [0.1, 0.15) is 0 Å². The Morgan fingerprint density at radius 1 is 1.08 bits per heavy atom. The summed E-state index contributed by atoms with van der Waals surface area (Å²) in [5, 5.41) is 0. The zero-order valence-electron chi connectivity index (χ0n) is 6.16. The standard InChI is InChI=1S/C6H7N.Na.H3O4P.H/c7-6-4-2-1-3-5-6;;1-5(2,3)4;/h1-5H,7H2;;(H3,1,2,3,4);. The fraction of sp³-hybridized carbons (Fsp3) is 0. The van der Waals surface area contributed by atoms with E-state index in [2.05, 4.69) is 0 Å². The Labute approximate surface area is 98.1 Å². The van der Waals surface area contributed by atoms with Crippen molar-refractivity contribution in [1.82, 2.24) is 0 Å². The SMILES string of the molecule is Nc1ccccc1.O=P(O)(O)O.[NaH]. The van der Waals surface area contributed by atoms with E-state index < -0.39 is 7.82 Å². The van der Waals surface area contributed by atoms with E-state index >= 15 is 0 Å². The number of phosphoric acid groups is 1. The van der Waals surface area contributed by atoms with Crippen LogP contribution in [0.25, 0.3) is 0 Å². The van der Waals surface area contributed by atoms with Crippen molar-refractivity contribution in [3.8, 4) is 0 Å². The van der Waals surface area contributed by atoms with Crippen LogP contribution in [0, 0.1) is 0 Å². The number of hydrogen-bond acceptors (Lipinski definition) is 2. The van der Waals surface area contributed by atoms with Crippen LogP contribution < -0.4 is 5.73 Å². The first-order valence-electron chi connectivity index (χ1n) is 2.98. The summed E-state index contributed by atoms with van der Waals surface area (Å²) in [5.41, 5.74) is 6.18. The first-order chi connectivity index (χ1) is 5.39. The van der Waals surface area contributed by atoms with Crippen molar-refractivity contribution < 1.29 is 19.2 Å². The normalized spacial score (nSPS) is 9.15. The van der Waals surface area contributed by atoms with Crippen LogP contribution >= 0.6 is 7.82 Å². The van der Waals surface area contributed by atoms with Crippen LogP contribution in [-0.2, 0) is 4.57 Å². The van der Waals surface area contributed by atoms with E-state index in [0.717, 1.165) is 5.69 Å². The maximum atomic E-state index is 8.88. The molecule has 1 rings (SSSR count). The number of anilines is 1. The second-order valence-corrected chi connectivity index (χ2v) is 2.95. The van der Waals surface area contributed by atoms with Gasteiger partial charge in [-0.15, -0.1) is 0 Å². The number of hydrogen-bond donors (Lipinski definition) is 4. The van der Waals surface area contributed by atoms with Gasteiger partial charge in [-0.3, -0.25) is 0 Å². The molecule has 0 spiro atoms. The van der Waals surface area contributed by atoms with Gasteiger partial charge >= 0.3 is 37.4 Å². The van der Waals surface area contributed by atoms with Crippen molar-refractivity contribution in [2.24, 2.45) is 0 Å². The van der Waals surface area contributed by atoms with Crippen molar-refractivity contribution in [3.05, 3.63) is 30.3 Å². The molecule has 0 unspecified atom stereocenters. The molecule has 0 aliphatic rings. The third-order valence-electron chi connectivity index (χ3n) is 0.800. The van der Waals surface area contributed by atoms with E-state index in [1.54, 1.807) is 0 Å². The molecule has 0 saturated heterocycles. The molecule has 0 amide bonds. The van der Waals surface area contributed by atoms with Gasteiger partial charge in [-0.1, -0.05) is 18.2 Å². The molecule has 0 radical (unpaired) electrons. The van der Waals surface area contributed by atoms with Crippen LogP contribution in [0.15, 0.2) is 30.3 Å². The van der Waals surface area contributed by atoms with E-state index in [1.165, 1.54) is 0 Å². The predicted octanol–water partition coefficient (Wildman–Crippen LogP) is -0.308. The summed E-state index contributed by atoms with van der Waals surface area (Å²) in [6.07, 6.45) is 0. The van der Waals surface area contributed by atoms with Crippen LogP contribution in [0.4, 0.5) is 5.69 Å². The van der Waals surface area contributed by atoms with E-state index in [9.17, 15) is 0 Å². The van der Waals surface area contributed by atoms with Crippen molar-refractivity contribution in [3.63, 3.8) is 0 Å². The average molecular weight is 215 g/mol. The summed E-state index contributed by atoms with van der Waals surface area (Å²) in [4.78, 5) is 21.6. The van der Waals surface area contributed by atoms with E-state index in [4.69, 9.17) is 25.0 Å². The number of nitrogens with two attached hydrogens (primary N) is 1. The van der Waals surface area contributed by atoms with Gasteiger partial charge in [0.25, 0.3) is 0 Å². The summed E-state index contributed by atoms with van der Waals surface area (Å²) in [6.45, 7) is 0. The van der Waals surface area contributed by atoms with E-state index in [1.807, 2.05) is 30.3 Å². The molecule has 0 saturated carbocycles. The summed E-state index contributed by atoms with van der Waals surface area (Å²) in [6, 6.07) is 9.49. The molecule has 13 heavy (non-hydrogen) atoms. The second kappa shape index (κ2) is 7.53. The molecule has 0 heterocycles. The Morgan fingerprint density at radius 3 is 1.54 bits per heavy atom. The topological polar surface area (TPSA) is 104 Å². The Hall–Kier alpha value is 0.130. The summed E-state index contributed by atoms with van der Waals surface area (Å²) >= 11 is 0. The van der Waals surface area contributed by atoms with Crippen molar-refractivity contribution in [2.45, 2.75) is 0 Å². The zero-order chi connectivity index (χ0) is 9.61. The molecule has 5 nitrogen and oxygen atoms in total. The third-order valence-corrected chi connectivity index (χ3v) is 0.800. The van der Waals surface area contributed by atoms with Crippen LogP contribution in [-0.4, -0.2) is 44.2 Å². The minimum absolute atomic E-state index is 0. The van der Waals surface area contributed by atoms with Crippen molar-refractivity contribution in [1.29, 1.82) is 0 Å². The van der Waals surface area contributed by atoms with Gasteiger partial charge < -0.3 is 20.4 Å². The van der Waals surface area contributed by atoms with E-state index in [0.29, 0.717) is 0 Å². The molecule has 7 heteroatoms. The summed E-state index contributed by atoms with van der Waals surface area (Å²) in [5.74, 6) is 0. The molecule has 0 atom stereocenters. The molecule has 70 valence electrons. The molecule has 1 aromatic carbocycles. The van der Waals surface area contributed by atoms with Gasteiger partial charge in [0, 0.05) is 5.69 Å². The fourth-order valence-corrected chi connectivity index (χ4v) is 0.453. The summed E-state index contributed by atoms with van der Waals surface area (Å²) < 4.78 is 8.88. The van der Waals surface area contributed by atoms with Crippen LogP contribution in [0.1, 0.15) is 0 Å². The van der Waals surface area contributed by atoms with Crippen LogP contribution in [0.5, 0.6) is 0 Å². The molecule has 5 N–H and O–H groups in total. The molecule has 1 aromatic rings.